The summed E-state index contributed by atoms with van der Waals surface area (Å²) in [7, 11) is 1.82. The van der Waals surface area contributed by atoms with Crippen LogP contribution >= 0.6 is 23.2 Å². The van der Waals surface area contributed by atoms with Gasteiger partial charge in [0.1, 0.15) is 17.4 Å². The molecule has 0 aliphatic carbocycles. The van der Waals surface area contributed by atoms with Crippen LogP contribution in [0.5, 0.6) is 5.75 Å². The van der Waals surface area contributed by atoms with Crippen LogP contribution in [0.25, 0.3) is 5.69 Å². The number of halogens is 2. The minimum Gasteiger partial charge on any atom is -0.490 e. The Bertz CT molecular complexity index is 945. The summed E-state index contributed by atoms with van der Waals surface area (Å²) in [5.41, 5.74) is 0.844. The number of ether oxygens (including phenoxy) is 1. The monoisotopic (exact) mass is 389 g/mol. The van der Waals surface area contributed by atoms with E-state index in [1.54, 1.807) is 30.5 Å². The second-order valence-corrected chi connectivity index (χ2v) is 6.38. The molecule has 0 spiro atoms. The molecule has 0 fully saturated rings. The summed E-state index contributed by atoms with van der Waals surface area (Å²) in [6.07, 6.45) is 1.58. The molecular formula is C19H17Cl2N3O2. The molecule has 0 bridgehead atoms. The van der Waals surface area contributed by atoms with Crippen molar-refractivity contribution < 1.29 is 4.74 Å². The molecule has 0 N–H and O–H groups in total. The molecule has 26 heavy (non-hydrogen) atoms. The highest BCUT2D eigenvalue weighted by Gasteiger charge is 2.14. The minimum atomic E-state index is -0.366. The van der Waals surface area contributed by atoms with Gasteiger partial charge < -0.3 is 9.64 Å². The Balaban J connectivity index is 1.72. The van der Waals surface area contributed by atoms with Gasteiger partial charge in [0.05, 0.1) is 29.1 Å². The molecule has 0 saturated heterocycles. The van der Waals surface area contributed by atoms with Crippen molar-refractivity contribution >= 4 is 28.9 Å². The number of hydrogen-bond acceptors (Lipinski definition) is 4. The van der Waals surface area contributed by atoms with Crippen LogP contribution < -0.4 is 15.2 Å². The van der Waals surface area contributed by atoms with E-state index in [-0.39, 0.29) is 10.6 Å². The average molecular weight is 390 g/mol. The lowest BCUT2D eigenvalue weighted by molar-refractivity contribution is 0.326. The zero-order valence-corrected chi connectivity index (χ0v) is 15.6. The molecule has 0 amide bonds. The molecule has 0 atom stereocenters. The quantitative estimate of drug-likeness (QED) is 0.637. The molecule has 134 valence electrons. The highest BCUT2D eigenvalue weighted by atomic mass is 35.5. The number of rotatable bonds is 6. The van der Waals surface area contributed by atoms with Crippen molar-refractivity contribution in [3.63, 3.8) is 0 Å². The van der Waals surface area contributed by atoms with Crippen molar-refractivity contribution in [3.8, 4) is 11.4 Å². The molecule has 3 aromatic rings. The normalized spacial score (nSPS) is 10.6. The molecule has 0 radical (unpaired) electrons. The smallest absolute Gasteiger partial charge is 0.292 e. The van der Waals surface area contributed by atoms with Crippen LogP contribution in [0.15, 0.2) is 65.6 Å². The predicted octanol–water partition coefficient (Wildman–Crippen LogP) is 4.05. The maximum atomic E-state index is 12.5. The van der Waals surface area contributed by atoms with Gasteiger partial charge in [0.15, 0.2) is 0 Å². The van der Waals surface area contributed by atoms with Gasteiger partial charge in [-0.2, -0.15) is 9.78 Å². The van der Waals surface area contributed by atoms with Crippen LogP contribution in [0.3, 0.4) is 0 Å². The Morgan fingerprint density at radius 3 is 2.50 bits per heavy atom. The zero-order chi connectivity index (χ0) is 18.5. The van der Waals surface area contributed by atoms with E-state index < -0.39 is 0 Å². The van der Waals surface area contributed by atoms with Gasteiger partial charge in [0.25, 0.3) is 5.56 Å². The van der Waals surface area contributed by atoms with Gasteiger partial charge in [-0.15, -0.1) is 0 Å². The Kier molecular flexibility index (Phi) is 5.81. The lowest BCUT2D eigenvalue weighted by Gasteiger charge is -2.20. The largest absolute Gasteiger partial charge is 0.490 e. The Labute approximate surface area is 161 Å². The van der Waals surface area contributed by atoms with E-state index in [1.807, 2.05) is 42.3 Å². The van der Waals surface area contributed by atoms with Crippen molar-refractivity contribution in [2.45, 2.75) is 0 Å². The fourth-order valence-electron chi connectivity index (χ4n) is 2.42. The first-order chi connectivity index (χ1) is 12.6. The molecular weight excluding hydrogens is 373 g/mol. The molecule has 0 aliphatic heterocycles. The molecule has 5 nitrogen and oxygen atoms in total. The molecule has 0 saturated carbocycles. The number of benzene rings is 2. The van der Waals surface area contributed by atoms with E-state index in [0.717, 1.165) is 0 Å². The predicted molar refractivity (Wildman–Crippen MR) is 105 cm³/mol. The summed E-state index contributed by atoms with van der Waals surface area (Å²) in [5.74, 6) is 0.617. The molecule has 2 aromatic carbocycles. The van der Waals surface area contributed by atoms with Crippen molar-refractivity contribution in [2.24, 2.45) is 0 Å². The molecule has 1 aromatic heterocycles. The number of anilines is 1. The Morgan fingerprint density at radius 1 is 1.08 bits per heavy atom. The van der Waals surface area contributed by atoms with E-state index >= 15 is 0 Å². The van der Waals surface area contributed by atoms with Crippen molar-refractivity contribution in [1.82, 2.24) is 9.78 Å². The van der Waals surface area contributed by atoms with Gasteiger partial charge in [-0.3, -0.25) is 4.79 Å². The van der Waals surface area contributed by atoms with Gasteiger partial charge in [0, 0.05) is 7.05 Å². The average Bonchev–Trinajstić information content (AvgIpc) is 2.66. The number of nitrogens with zero attached hydrogens (tertiary/aromatic N) is 3. The fourth-order valence-corrected chi connectivity index (χ4v) is 2.88. The van der Waals surface area contributed by atoms with Gasteiger partial charge in [-0.1, -0.05) is 53.5 Å². The van der Waals surface area contributed by atoms with E-state index in [9.17, 15) is 4.79 Å². The molecule has 1 heterocycles. The first kappa shape index (κ1) is 18.3. The maximum absolute atomic E-state index is 12.5. The zero-order valence-electron chi connectivity index (χ0n) is 14.1. The van der Waals surface area contributed by atoms with Crippen LogP contribution in [0.2, 0.25) is 10.0 Å². The SMILES string of the molecule is CN(CCOc1ccccc1Cl)c1cnn(-c2ccccc2)c(=O)c1Cl. The van der Waals surface area contributed by atoms with Gasteiger partial charge in [-0.25, -0.2) is 0 Å². The Morgan fingerprint density at radius 2 is 1.77 bits per heavy atom. The molecule has 0 aliphatic rings. The lowest BCUT2D eigenvalue weighted by atomic mass is 10.3. The van der Waals surface area contributed by atoms with Crippen LogP contribution in [0.4, 0.5) is 5.69 Å². The van der Waals surface area contributed by atoms with Crippen LogP contribution in [-0.4, -0.2) is 30.0 Å². The second kappa shape index (κ2) is 8.25. The van der Waals surface area contributed by atoms with Crippen molar-refractivity contribution in [3.05, 3.63) is 81.2 Å². The summed E-state index contributed by atoms with van der Waals surface area (Å²) in [6.45, 7) is 0.903. The van der Waals surface area contributed by atoms with E-state index in [4.69, 9.17) is 27.9 Å². The summed E-state index contributed by atoms with van der Waals surface area (Å²) in [4.78, 5) is 14.3. The second-order valence-electron chi connectivity index (χ2n) is 5.60. The number of likely N-dealkylation sites (N-methyl/N-ethyl adjacent to an activating group) is 1. The summed E-state index contributed by atoms with van der Waals surface area (Å²) in [6, 6.07) is 16.4. The third-order valence-corrected chi connectivity index (χ3v) is 4.50. The highest BCUT2D eigenvalue weighted by molar-refractivity contribution is 6.33. The third kappa shape index (κ3) is 4.00. The highest BCUT2D eigenvalue weighted by Crippen LogP contribution is 2.24. The van der Waals surface area contributed by atoms with Crippen LogP contribution in [0, 0.1) is 0 Å². The van der Waals surface area contributed by atoms with Crippen molar-refractivity contribution in [1.29, 1.82) is 0 Å². The number of hydrogen-bond donors (Lipinski definition) is 0. The Hall–Kier alpha value is -2.50. The molecule has 0 unspecified atom stereocenters. The topological polar surface area (TPSA) is 47.4 Å². The standard InChI is InChI=1S/C19H17Cl2N3O2/c1-23(11-12-26-17-10-6-5-9-15(17)20)16-13-22-24(19(25)18(16)21)14-7-3-2-4-8-14/h2-10,13H,11-12H2,1H3. The van der Waals surface area contributed by atoms with Gasteiger partial charge in [-0.05, 0) is 24.3 Å². The van der Waals surface area contributed by atoms with E-state index in [0.29, 0.717) is 35.3 Å². The lowest BCUT2D eigenvalue weighted by Crippen LogP contribution is -2.29. The number of para-hydroxylation sites is 2. The fraction of sp³-hybridized carbons (Fsp3) is 0.158. The van der Waals surface area contributed by atoms with Crippen LogP contribution in [0.1, 0.15) is 0 Å². The summed E-state index contributed by atoms with van der Waals surface area (Å²) >= 11 is 12.4. The molecule has 7 heteroatoms. The summed E-state index contributed by atoms with van der Waals surface area (Å²) in [5, 5.41) is 4.90. The molecule has 3 rings (SSSR count). The summed E-state index contributed by atoms with van der Waals surface area (Å²) < 4.78 is 6.95. The van der Waals surface area contributed by atoms with E-state index in [2.05, 4.69) is 5.10 Å². The van der Waals surface area contributed by atoms with Gasteiger partial charge in [0.2, 0.25) is 0 Å². The van der Waals surface area contributed by atoms with Crippen LogP contribution in [-0.2, 0) is 0 Å². The van der Waals surface area contributed by atoms with Crippen molar-refractivity contribution in [2.75, 3.05) is 25.1 Å². The third-order valence-electron chi connectivity index (χ3n) is 3.83. The maximum Gasteiger partial charge on any atom is 0.292 e. The number of aromatic nitrogens is 2. The van der Waals surface area contributed by atoms with Gasteiger partial charge >= 0.3 is 0 Å². The first-order valence-electron chi connectivity index (χ1n) is 7.99. The minimum absolute atomic E-state index is 0.115. The first-order valence-corrected chi connectivity index (χ1v) is 8.75. The van der Waals surface area contributed by atoms with E-state index in [1.165, 1.54) is 4.68 Å².